The SMILES string of the molecule is Cc1ccc(CNC(=O)C2CCN(C(=O)C3CCNC3)CC2)cc1. The second-order valence-electron chi connectivity index (χ2n) is 6.99. The third kappa shape index (κ3) is 4.15. The van der Waals surface area contributed by atoms with E-state index in [1.54, 1.807) is 0 Å². The molecule has 0 radical (unpaired) electrons. The molecule has 0 aromatic heterocycles. The molecule has 3 rings (SSSR count). The van der Waals surface area contributed by atoms with Gasteiger partial charge in [0.25, 0.3) is 0 Å². The number of likely N-dealkylation sites (tertiary alicyclic amines) is 1. The number of aryl methyl sites for hydroxylation is 1. The minimum absolute atomic E-state index is 0.0289. The van der Waals surface area contributed by atoms with Crippen LogP contribution in [0.5, 0.6) is 0 Å². The van der Waals surface area contributed by atoms with Crippen LogP contribution in [-0.4, -0.2) is 42.9 Å². The molecular formula is C19H27N3O2. The Balaban J connectivity index is 1.43. The summed E-state index contributed by atoms with van der Waals surface area (Å²) in [5.74, 6) is 0.543. The van der Waals surface area contributed by atoms with Crippen molar-refractivity contribution in [2.75, 3.05) is 26.2 Å². The van der Waals surface area contributed by atoms with Crippen LogP contribution in [0.2, 0.25) is 0 Å². The van der Waals surface area contributed by atoms with Crippen LogP contribution in [-0.2, 0) is 16.1 Å². The number of hydrogen-bond acceptors (Lipinski definition) is 3. The van der Waals surface area contributed by atoms with Crippen LogP contribution in [0, 0.1) is 18.8 Å². The van der Waals surface area contributed by atoms with Crippen molar-refractivity contribution >= 4 is 11.8 Å². The van der Waals surface area contributed by atoms with Crippen molar-refractivity contribution < 1.29 is 9.59 Å². The number of hydrogen-bond donors (Lipinski definition) is 2. The van der Waals surface area contributed by atoms with Crippen LogP contribution < -0.4 is 10.6 Å². The van der Waals surface area contributed by atoms with Gasteiger partial charge in [0.15, 0.2) is 0 Å². The van der Waals surface area contributed by atoms with Crippen LogP contribution in [0.25, 0.3) is 0 Å². The fourth-order valence-electron chi connectivity index (χ4n) is 3.53. The molecule has 0 aliphatic carbocycles. The molecule has 0 saturated carbocycles. The Morgan fingerprint density at radius 3 is 2.46 bits per heavy atom. The van der Waals surface area contributed by atoms with Gasteiger partial charge >= 0.3 is 0 Å². The van der Waals surface area contributed by atoms with Crippen molar-refractivity contribution in [1.82, 2.24) is 15.5 Å². The molecule has 2 saturated heterocycles. The lowest BCUT2D eigenvalue weighted by Gasteiger charge is -2.32. The summed E-state index contributed by atoms with van der Waals surface area (Å²) in [5.41, 5.74) is 2.34. The molecule has 0 bridgehead atoms. The quantitative estimate of drug-likeness (QED) is 0.879. The normalized spacial score (nSPS) is 21.7. The van der Waals surface area contributed by atoms with Crippen molar-refractivity contribution in [3.63, 3.8) is 0 Å². The Morgan fingerprint density at radius 2 is 1.83 bits per heavy atom. The van der Waals surface area contributed by atoms with Gasteiger partial charge in [0.2, 0.25) is 11.8 Å². The van der Waals surface area contributed by atoms with Gasteiger partial charge in [-0.15, -0.1) is 0 Å². The fourth-order valence-corrected chi connectivity index (χ4v) is 3.53. The topological polar surface area (TPSA) is 61.4 Å². The first kappa shape index (κ1) is 17.0. The summed E-state index contributed by atoms with van der Waals surface area (Å²) >= 11 is 0. The molecule has 5 nitrogen and oxygen atoms in total. The first-order valence-corrected chi connectivity index (χ1v) is 8.96. The third-order valence-corrected chi connectivity index (χ3v) is 5.17. The van der Waals surface area contributed by atoms with E-state index in [1.807, 2.05) is 17.0 Å². The zero-order valence-electron chi connectivity index (χ0n) is 14.4. The largest absolute Gasteiger partial charge is 0.352 e. The zero-order chi connectivity index (χ0) is 16.9. The van der Waals surface area contributed by atoms with Crippen molar-refractivity contribution in [1.29, 1.82) is 0 Å². The van der Waals surface area contributed by atoms with Crippen molar-refractivity contribution in [3.05, 3.63) is 35.4 Å². The predicted molar refractivity (Wildman–Crippen MR) is 93.3 cm³/mol. The Bertz CT molecular complexity index is 571. The van der Waals surface area contributed by atoms with Gasteiger partial charge in [-0.25, -0.2) is 0 Å². The molecule has 2 aliphatic heterocycles. The third-order valence-electron chi connectivity index (χ3n) is 5.17. The summed E-state index contributed by atoms with van der Waals surface area (Å²) in [4.78, 5) is 26.7. The number of benzene rings is 1. The maximum atomic E-state index is 12.4. The fraction of sp³-hybridized carbons (Fsp3) is 0.579. The Kier molecular flexibility index (Phi) is 5.51. The summed E-state index contributed by atoms with van der Waals surface area (Å²) in [6, 6.07) is 8.21. The molecule has 1 atom stereocenters. The lowest BCUT2D eigenvalue weighted by molar-refractivity contribution is -0.138. The highest BCUT2D eigenvalue weighted by atomic mass is 16.2. The number of piperidine rings is 1. The molecule has 1 aromatic rings. The molecule has 130 valence electrons. The maximum Gasteiger partial charge on any atom is 0.227 e. The van der Waals surface area contributed by atoms with E-state index < -0.39 is 0 Å². The van der Waals surface area contributed by atoms with Gasteiger partial charge in [0.1, 0.15) is 0 Å². The van der Waals surface area contributed by atoms with E-state index in [4.69, 9.17) is 0 Å². The number of carbonyl (C=O) groups is 2. The number of amides is 2. The van der Waals surface area contributed by atoms with E-state index in [9.17, 15) is 9.59 Å². The Labute approximate surface area is 143 Å². The van der Waals surface area contributed by atoms with E-state index in [1.165, 1.54) is 5.56 Å². The highest BCUT2D eigenvalue weighted by molar-refractivity contribution is 5.81. The molecule has 24 heavy (non-hydrogen) atoms. The van der Waals surface area contributed by atoms with E-state index >= 15 is 0 Å². The van der Waals surface area contributed by atoms with Crippen molar-refractivity contribution in [3.8, 4) is 0 Å². The highest BCUT2D eigenvalue weighted by Crippen LogP contribution is 2.21. The highest BCUT2D eigenvalue weighted by Gasteiger charge is 2.31. The molecule has 0 spiro atoms. The van der Waals surface area contributed by atoms with Crippen LogP contribution in [0.3, 0.4) is 0 Å². The van der Waals surface area contributed by atoms with Crippen LogP contribution >= 0.6 is 0 Å². The van der Waals surface area contributed by atoms with Gasteiger partial charge in [0, 0.05) is 32.1 Å². The average molecular weight is 329 g/mol. The second kappa shape index (κ2) is 7.79. The van der Waals surface area contributed by atoms with Crippen LogP contribution in [0.1, 0.15) is 30.4 Å². The second-order valence-corrected chi connectivity index (χ2v) is 6.99. The van der Waals surface area contributed by atoms with Crippen molar-refractivity contribution in [2.24, 2.45) is 11.8 Å². The summed E-state index contributed by atoms with van der Waals surface area (Å²) in [5, 5.41) is 6.28. The van der Waals surface area contributed by atoms with Gasteiger partial charge in [-0.3, -0.25) is 9.59 Å². The van der Waals surface area contributed by atoms with Crippen LogP contribution in [0.4, 0.5) is 0 Å². The van der Waals surface area contributed by atoms with Gasteiger partial charge in [0.05, 0.1) is 5.92 Å². The minimum Gasteiger partial charge on any atom is -0.352 e. The van der Waals surface area contributed by atoms with Crippen molar-refractivity contribution in [2.45, 2.75) is 32.7 Å². The molecule has 1 unspecified atom stereocenters. The molecule has 2 heterocycles. The predicted octanol–water partition coefficient (Wildman–Crippen LogP) is 1.46. The molecule has 5 heteroatoms. The molecule has 2 aliphatic rings. The maximum absolute atomic E-state index is 12.4. The van der Waals surface area contributed by atoms with Gasteiger partial charge in [-0.1, -0.05) is 29.8 Å². The van der Waals surface area contributed by atoms with E-state index in [0.29, 0.717) is 19.6 Å². The van der Waals surface area contributed by atoms with Gasteiger partial charge < -0.3 is 15.5 Å². The van der Waals surface area contributed by atoms with Crippen LogP contribution in [0.15, 0.2) is 24.3 Å². The minimum atomic E-state index is 0.0289. The monoisotopic (exact) mass is 329 g/mol. The summed E-state index contributed by atoms with van der Waals surface area (Å²) < 4.78 is 0. The lowest BCUT2D eigenvalue weighted by atomic mass is 9.94. The molecule has 2 N–H and O–H groups in total. The van der Waals surface area contributed by atoms with Gasteiger partial charge in [-0.05, 0) is 38.3 Å². The molecule has 2 fully saturated rings. The summed E-state index contributed by atoms with van der Waals surface area (Å²) in [6.45, 7) is 5.78. The number of rotatable bonds is 4. The summed E-state index contributed by atoms with van der Waals surface area (Å²) in [6.07, 6.45) is 2.48. The number of nitrogens with zero attached hydrogens (tertiary/aromatic N) is 1. The Morgan fingerprint density at radius 1 is 1.12 bits per heavy atom. The number of carbonyl (C=O) groups excluding carboxylic acids is 2. The average Bonchev–Trinajstić information content (AvgIpc) is 3.15. The van der Waals surface area contributed by atoms with E-state index in [-0.39, 0.29) is 23.7 Å². The standard InChI is InChI=1S/C19H27N3O2/c1-14-2-4-15(5-3-14)12-21-18(23)16-7-10-22(11-8-16)19(24)17-6-9-20-13-17/h2-5,16-17,20H,6-13H2,1H3,(H,21,23). The smallest absolute Gasteiger partial charge is 0.227 e. The molecular weight excluding hydrogens is 302 g/mol. The van der Waals surface area contributed by atoms with Gasteiger partial charge in [-0.2, -0.15) is 0 Å². The first-order valence-electron chi connectivity index (χ1n) is 8.96. The molecule has 2 amide bonds. The zero-order valence-corrected chi connectivity index (χ0v) is 14.4. The first-order chi connectivity index (χ1) is 11.6. The summed E-state index contributed by atoms with van der Waals surface area (Å²) in [7, 11) is 0. The number of nitrogens with one attached hydrogen (secondary N) is 2. The molecule has 1 aromatic carbocycles. The Hall–Kier alpha value is -1.88. The van der Waals surface area contributed by atoms with E-state index in [2.05, 4.69) is 29.7 Å². The van der Waals surface area contributed by atoms with E-state index in [0.717, 1.165) is 37.9 Å². The lowest BCUT2D eigenvalue weighted by Crippen LogP contribution is -2.45.